The molecule has 1 atom stereocenters. The van der Waals surface area contributed by atoms with E-state index >= 15 is 0 Å². The summed E-state index contributed by atoms with van der Waals surface area (Å²) >= 11 is 0. The Morgan fingerprint density at radius 3 is 2.46 bits per heavy atom. The molecular formula is C50H56. The second-order valence-corrected chi connectivity index (χ2v) is 15.2. The van der Waals surface area contributed by atoms with Crippen molar-refractivity contribution in [1.82, 2.24) is 0 Å². The normalized spacial score (nSPS) is 16.2. The minimum Gasteiger partial charge on any atom is -0.120 e. The highest BCUT2D eigenvalue weighted by atomic mass is 14.3. The van der Waals surface area contributed by atoms with Crippen molar-refractivity contribution in [2.75, 3.05) is 0 Å². The largest absolute Gasteiger partial charge is 0.120 e. The Morgan fingerprint density at radius 1 is 0.860 bits per heavy atom. The third-order valence-electron chi connectivity index (χ3n) is 11.5. The maximum atomic E-state index is 5.34. The molecule has 0 saturated carbocycles. The van der Waals surface area contributed by atoms with E-state index in [-0.39, 0.29) is 0 Å². The number of benzene rings is 3. The van der Waals surface area contributed by atoms with Crippen molar-refractivity contribution in [3.63, 3.8) is 0 Å². The average Bonchev–Trinajstić information content (AvgIpc) is 3.74. The summed E-state index contributed by atoms with van der Waals surface area (Å²) in [5.41, 5.74) is 20.6. The molecule has 3 aromatic rings. The fourth-order valence-corrected chi connectivity index (χ4v) is 8.63. The fraction of sp³-hybridized carbons (Fsp3) is 0.400. The van der Waals surface area contributed by atoms with Gasteiger partial charge in [0.05, 0.1) is 0 Å². The van der Waals surface area contributed by atoms with Crippen molar-refractivity contribution >= 4 is 6.08 Å². The van der Waals surface area contributed by atoms with E-state index in [0.29, 0.717) is 5.92 Å². The molecule has 0 heterocycles. The molecule has 1 unspecified atom stereocenters. The van der Waals surface area contributed by atoms with Crippen LogP contribution in [0.5, 0.6) is 0 Å². The molecule has 3 aliphatic rings. The molecule has 256 valence electrons. The first-order chi connectivity index (χ1) is 24.4. The molecule has 0 aromatic heterocycles. The zero-order valence-corrected chi connectivity index (χ0v) is 31.0. The van der Waals surface area contributed by atoms with Gasteiger partial charge in [0.2, 0.25) is 0 Å². The minimum atomic E-state index is 0.538. The first kappa shape index (κ1) is 35.6. The SMILES string of the molecule is C#CCCCCCCC#Cc1ccc(CCCCC2=C(C(=C)C)C=C(C3CCCc4c3ccc(CC3=Cc5ccccc5C3)c4C)C2)c(C)c1. The average molecular weight is 657 g/mol. The molecule has 0 amide bonds. The zero-order valence-electron chi connectivity index (χ0n) is 31.0. The fourth-order valence-electron chi connectivity index (χ4n) is 8.63. The lowest BCUT2D eigenvalue weighted by molar-refractivity contribution is 0.595. The number of aryl methyl sites for hydroxylation is 2. The number of allylic oxidation sites excluding steroid dienone is 6. The molecule has 0 spiro atoms. The van der Waals surface area contributed by atoms with E-state index in [1.807, 2.05) is 0 Å². The lowest BCUT2D eigenvalue weighted by Gasteiger charge is -2.29. The highest BCUT2D eigenvalue weighted by molar-refractivity contribution is 5.65. The van der Waals surface area contributed by atoms with Crippen LogP contribution in [0.3, 0.4) is 0 Å². The summed E-state index contributed by atoms with van der Waals surface area (Å²) in [6.07, 6.45) is 28.7. The quantitative estimate of drug-likeness (QED) is 0.120. The van der Waals surface area contributed by atoms with Crippen LogP contribution in [0, 0.1) is 38.0 Å². The minimum absolute atomic E-state index is 0.538. The van der Waals surface area contributed by atoms with Crippen molar-refractivity contribution in [3.05, 3.63) is 145 Å². The predicted octanol–water partition coefficient (Wildman–Crippen LogP) is 12.8. The van der Waals surface area contributed by atoms with Crippen LogP contribution < -0.4 is 0 Å². The van der Waals surface area contributed by atoms with Crippen LogP contribution in [-0.4, -0.2) is 0 Å². The maximum Gasteiger partial charge on any atom is 0.0248 e. The Kier molecular flexibility index (Phi) is 12.2. The van der Waals surface area contributed by atoms with Crippen LogP contribution in [0.2, 0.25) is 0 Å². The van der Waals surface area contributed by atoms with Crippen LogP contribution in [0.1, 0.15) is 140 Å². The standard InChI is InChI=1S/C50H56/c1-6-7-8-9-10-11-12-13-19-39-26-27-41(37(4)30-39)20-14-17-23-45-34-46(35-50(45)36(2)3)48-25-18-24-47-38(5)42(28-29-49(47)48)31-40-32-43-21-15-16-22-44(43)33-40/h1,15-16,21-22,26-30,32,35,48H,2,7-12,14,17-18,20,23-25,31,33-34H2,3-5H3. The smallest absolute Gasteiger partial charge is 0.0248 e. The van der Waals surface area contributed by atoms with Gasteiger partial charge in [-0.25, -0.2) is 0 Å². The molecule has 3 aliphatic carbocycles. The van der Waals surface area contributed by atoms with Gasteiger partial charge in [-0.05, 0) is 160 Å². The second-order valence-electron chi connectivity index (χ2n) is 15.2. The van der Waals surface area contributed by atoms with E-state index in [1.165, 1.54) is 102 Å². The second kappa shape index (κ2) is 17.1. The van der Waals surface area contributed by atoms with E-state index < -0.39 is 0 Å². The van der Waals surface area contributed by atoms with Crippen molar-refractivity contribution in [2.24, 2.45) is 0 Å². The van der Waals surface area contributed by atoms with Crippen molar-refractivity contribution in [3.8, 4) is 24.2 Å². The first-order valence-electron chi connectivity index (χ1n) is 19.4. The third kappa shape index (κ3) is 8.72. The lowest BCUT2D eigenvalue weighted by atomic mass is 9.75. The number of unbranched alkanes of at least 4 members (excludes halogenated alkanes) is 6. The monoisotopic (exact) mass is 656 g/mol. The van der Waals surface area contributed by atoms with E-state index in [4.69, 9.17) is 6.42 Å². The van der Waals surface area contributed by atoms with Gasteiger partial charge in [-0.15, -0.1) is 12.3 Å². The Bertz CT molecular complexity index is 1920. The topological polar surface area (TPSA) is 0 Å². The summed E-state index contributed by atoms with van der Waals surface area (Å²) in [5, 5.41) is 0. The van der Waals surface area contributed by atoms with E-state index in [0.717, 1.165) is 50.5 Å². The van der Waals surface area contributed by atoms with Gasteiger partial charge in [0.25, 0.3) is 0 Å². The molecule has 0 heteroatoms. The van der Waals surface area contributed by atoms with Crippen LogP contribution in [0.4, 0.5) is 0 Å². The molecule has 0 fully saturated rings. The van der Waals surface area contributed by atoms with Gasteiger partial charge >= 0.3 is 0 Å². The maximum absolute atomic E-state index is 5.34. The predicted molar refractivity (Wildman–Crippen MR) is 215 cm³/mol. The Morgan fingerprint density at radius 2 is 1.66 bits per heavy atom. The number of hydrogen-bond donors (Lipinski definition) is 0. The highest BCUT2D eigenvalue weighted by Gasteiger charge is 2.29. The van der Waals surface area contributed by atoms with E-state index in [2.05, 4.69) is 112 Å². The number of hydrogen-bond acceptors (Lipinski definition) is 0. The lowest BCUT2D eigenvalue weighted by Crippen LogP contribution is -2.14. The van der Waals surface area contributed by atoms with Gasteiger partial charge in [-0.3, -0.25) is 0 Å². The highest BCUT2D eigenvalue weighted by Crippen LogP contribution is 2.46. The van der Waals surface area contributed by atoms with Crippen LogP contribution in [0.15, 0.2) is 95.1 Å². The Hall–Kier alpha value is -4.26. The number of fused-ring (bicyclic) bond motifs is 2. The first-order valence-corrected chi connectivity index (χ1v) is 19.4. The molecule has 6 rings (SSSR count). The molecule has 0 bridgehead atoms. The van der Waals surface area contributed by atoms with Gasteiger partial charge < -0.3 is 0 Å². The summed E-state index contributed by atoms with van der Waals surface area (Å²) in [5.74, 6) is 10.0. The van der Waals surface area contributed by atoms with Crippen molar-refractivity contribution in [1.29, 1.82) is 0 Å². The molecular weight excluding hydrogens is 601 g/mol. The number of rotatable bonds is 14. The van der Waals surface area contributed by atoms with Gasteiger partial charge in [-0.2, -0.15) is 0 Å². The summed E-state index contributed by atoms with van der Waals surface area (Å²) in [4.78, 5) is 0. The van der Waals surface area contributed by atoms with E-state index in [1.54, 1.807) is 27.8 Å². The summed E-state index contributed by atoms with van der Waals surface area (Å²) in [7, 11) is 0. The molecule has 0 N–H and O–H groups in total. The van der Waals surface area contributed by atoms with Gasteiger partial charge in [0.15, 0.2) is 0 Å². The summed E-state index contributed by atoms with van der Waals surface area (Å²) in [6, 6.07) is 20.6. The van der Waals surface area contributed by atoms with Crippen LogP contribution in [0.25, 0.3) is 6.08 Å². The Balaban J connectivity index is 1.02. The van der Waals surface area contributed by atoms with Crippen molar-refractivity contribution < 1.29 is 0 Å². The van der Waals surface area contributed by atoms with Gasteiger partial charge in [0, 0.05) is 24.3 Å². The molecule has 0 radical (unpaired) electrons. The summed E-state index contributed by atoms with van der Waals surface area (Å²) < 4.78 is 0. The van der Waals surface area contributed by atoms with Gasteiger partial charge in [-0.1, -0.05) is 108 Å². The molecule has 0 saturated heterocycles. The van der Waals surface area contributed by atoms with Gasteiger partial charge in [0.1, 0.15) is 0 Å². The van der Waals surface area contributed by atoms with Crippen LogP contribution in [-0.2, 0) is 25.7 Å². The zero-order chi connectivity index (χ0) is 34.9. The van der Waals surface area contributed by atoms with E-state index in [9.17, 15) is 0 Å². The molecule has 50 heavy (non-hydrogen) atoms. The molecule has 0 aliphatic heterocycles. The van der Waals surface area contributed by atoms with Crippen molar-refractivity contribution in [2.45, 2.75) is 129 Å². The summed E-state index contributed by atoms with van der Waals surface area (Å²) in [6.45, 7) is 11.3. The molecule has 3 aromatic carbocycles. The number of terminal acetylenes is 1. The van der Waals surface area contributed by atoms with Crippen LogP contribution >= 0.6 is 0 Å². The Labute approximate surface area is 303 Å². The third-order valence-corrected chi connectivity index (χ3v) is 11.5. The molecule has 0 nitrogen and oxygen atoms in total.